The van der Waals surface area contributed by atoms with Gasteiger partial charge in [-0.05, 0) is 49.2 Å². The van der Waals surface area contributed by atoms with E-state index in [1.807, 2.05) is 0 Å². The van der Waals surface area contributed by atoms with Crippen molar-refractivity contribution in [3.8, 4) is 0 Å². The van der Waals surface area contributed by atoms with Crippen molar-refractivity contribution >= 4 is 27.7 Å². The molecule has 0 bridgehead atoms. The van der Waals surface area contributed by atoms with Crippen molar-refractivity contribution in [3.05, 3.63) is 10.7 Å². The molecule has 1 saturated carbocycles. The van der Waals surface area contributed by atoms with Gasteiger partial charge in [-0.2, -0.15) is 4.98 Å². The second-order valence-corrected chi connectivity index (χ2v) is 6.30. The molecular formula is C14H24BrN5. The molecule has 1 fully saturated rings. The standard InChI is InChI=1S/C14H24BrN5/c1-4-7-16-14-18-9-12(15)13(19-14)17-8-10(2)20(3)11-5-6-11/h9-11H,4-8H2,1-3H3,(H2,16,17,18,19). The first kappa shape index (κ1) is 15.5. The number of anilines is 2. The maximum absolute atomic E-state index is 4.50. The summed E-state index contributed by atoms with van der Waals surface area (Å²) in [6, 6.07) is 1.28. The maximum atomic E-state index is 4.50. The molecule has 2 rings (SSSR count). The van der Waals surface area contributed by atoms with Gasteiger partial charge in [-0.3, -0.25) is 4.90 Å². The van der Waals surface area contributed by atoms with Gasteiger partial charge in [-0.1, -0.05) is 6.92 Å². The topological polar surface area (TPSA) is 53.1 Å². The van der Waals surface area contributed by atoms with Crippen LogP contribution in [0.5, 0.6) is 0 Å². The van der Waals surface area contributed by atoms with Gasteiger partial charge in [0.2, 0.25) is 5.95 Å². The molecular weight excluding hydrogens is 318 g/mol. The Labute approximate surface area is 129 Å². The van der Waals surface area contributed by atoms with E-state index in [1.165, 1.54) is 12.8 Å². The third-order valence-corrected chi connectivity index (χ3v) is 4.24. The van der Waals surface area contributed by atoms with Crippen LogP contribution in [0.25, 0.3) is 0 Å². The number of aromatic nitrogens is 2. The Hall–Kier alpha value is -0.880. The number of likely N-dealkylation sites (N-methyl/N-ethyl adjacent to an activating group) is 1. The van der Waals surface area contributed by atoms with Gasteiger partial charge in [0.1, 0.15) is 5.82 Å². The summed E-state index contributed by atoms with van der Waals surface area (Å²) in [5, 5.41) is 6.62. The van der Waals surface area contributed by atoms with Crippen molar-refractivity contribution < 1.29 is 0 Å². The molecule has 0 saturated heterocycles. The molecule has 0 aromatic carbocycles. The zero-order valence-electron chi connectivity index (χ0n) is 12.5. The Morgan fingerprint density at radius 3 is 2.85 bits per heavy atom. The number of nitrogens with zero attached hydrogens (tertiary/aromatic N) is 3. The number of hydrogen-bond acceptors (Lipinski definition) is 5. The molecule has 5 nitrogen and oxygen atoms in total. The first-order chi connectivity index (χ1) is 9.61. The van der Waals surface area contributed by atoms with E-state index >= 15 is 0 Å². The second kappa shape index (κ2) is 7.22. The summed E-state index contributed by atoms with van der Waals surface area (Å²) in [5.41, 5.74) is 0. The summed E-state index contributed by atoms with van der Waals surface area (Å²) in [6.07, 6.45) is 5.53. The fraction of sp³-hybridized carbons (Fsp3) is 0.714. The minimum absolute atomic E-state index is 0.497. The smallest absolute Gasteiger partial charge is 0.224 e. The van der Waals surface area contributed by atoms with Crippen LogP contribution in [0.15, 0.2) is 10.7 Å². The van der Waals surface area contributed by atoms with Crippen LogP contribution in [0.1, 0.15) is 33.1 Å². The molecule has 0 radical (unpaired) electrons. The van der Waals surface area contributed by atoms with E-state index in [9.17, 15) is 0 Å². The van der Waals surface area contributed by atoms with Gasteiger partial charge in [0.15, 0.2) is 0 Å². The van der Waals surface area contributed by atoms with E-state index in [2.05, 4.69) is 62.3 Å². The fourth-order valence-electron chi connectivity index (χ4n) is 2.04. The third kappa shape index (κ3) is 4.31. The summed E-state index contributed by atoms with van der Waals surface area (Å²) >= 11 is 3.50. The summed E-state index contributed by atoms with van der Waals surface area (Å²) in [5.74, 6) is 1.54. The lowest BCUT2D eigenvalue weighted by Gasteiger charge is -2.25. The van der Waals surface area contributed by atoms with Gasteiger partial charge >= 0.3 is 0 Å². The zero-order valence-corrected chi connectivity index (χ0v) is 14.1. The number of rotatable bonds is 8. The Morgan fingerprint density at radius 1 is 1.45 bits per heavy atom. The van der Waals surface area contributed by atoms with E-state index in [1.54, 1.807) is 6.20 Å². The molecule has 1 heterocycles. The largest absolute Gasteiger partial charge is 0.367 e. The molecule has 112 valence electrons. The van der Waals surface area contributed by atoms with Crippen molar-refractivity contribution in [2.75, 3.05) is 30.8 Å². The van der Waals surface area contributed by atoms with Gasteiger partial charge in [-0.25, -0.2) is 4.98 Å². The van der Waals surface area contributed by atoms with E-state index in [0.717, 1.165) is 35.8 Å². The molecule has 20 heavy (non-hydrogen) atoms. The van der Waals surface area contributed by atoms with E-state index in [-0.39, 0.29) is 0 Å². The van der Waals surface area contributed by atoms with Gasteiger partial charge < -0.3 is 10.6 Å². The third-order valence-electron chi connectivity index (χ3n) is 3.66. The highest BCUT2D eigenvalue weighted by atomic mass is 79.9. The number of hydrogen-bond donors (Lipinski definition) is 2. The van der Waals surface area contributed by atoms with Crippen LogP contribution in [0, 0.1) is 0 Å². The Bertz CT molecular complexity index is 436. The molecule has 1 unspecified atom stereocenters. The van der Waals surface area contributed by atoms with Crippen molar-refractivity contribution in [2.24, 2.45) is 0 Å². The van der Waals surface area contributed by atoms with Crippen LogP contribution in [-0.4, -0.2) is 47.1 Å². The molecule has 1 atom stereocenters. The van der Waals surface area contributed by atoms with Crippen LogP contribution in [0.2, 0.25) is 0 Å². The molecule has 0 aliphatic heterocycles. The first-order valence-electron chi connectivity index (χ1n) is 7.34. The van der Waals surface area contributed by atoms with E-state index < -0.39 is 0 Å². The summed E-state index contributed by atoms with van der Waals surface area (Å²) < 4.78 is 0.904. The summed E-state index contributed by atoms with van der Waals surface area (Å²) in [7, 11) is 2.20. The Morgan fingerprint density at radius 2 is 2.20 bits per heavy atom. The van der Waals surface area contributed by atoms with E-state index in [4.69, 9.17) is 0 Å². The van der Waals surface area contributed by atoms with Gasteiger partial charge in [0, 0.05) is 31.4 Å². The van der Waals surface area contributed by atoms with Crippen molar-refractivity contribution in [3.63, 3.8) is 0 Å². The fourth-order valence-corrected chi connectivity index (χ4v) is 2.37. The van der Waals surface area contributed by atoms with Crippen molar-refractivity contribution in [2.45, 2.75) is 45.2 Å². The van der Waals surface area contributed by atoms with Gasteiger partial charge in [0.25, 0.3) is 0 Å². The predicted octanol–water partition coefficient (Wildman–Crippen LogP) is 2.96. The molecule has 2 N–H and O–H groups in total. The summed E-state index contributed by atoms with van der Waals surface area (Å²) in [4.78, 5) is 11.2. The highest BCUT2D eigenvalue weighted by Gasteiger charge is 2.28. The molecule has 1 aromatic heterocycles. The van der Waals surface area contributed by atoms with Gasteiger partial charge in [-0.15, -0.1) is 0 Å². The van der Waals surface area contributed by atoms with Crippen molar-refractivity contribution in [1.82, 2.24) is 14.9 Å². The van der Waals surface area contributed by atoms with Crippen LogP contribution < -0.4 is 10.6 Å². The Balaban J connectivity index is 1.90. The zero-order chi connectivity index (χ0) is 14.5. The second-order valence-electron chi connectivity index (χ2n) is 5.44. The lowest BCUT2D eigenvalue weighted by Crippen LogP contribution is -2.36. The Kier molecular flexibility index (Phi) is 5.60. The van der Waals surface area contributed by atoms with E-state index in [0.29, 0.717) is 12.0 Å². The molecule has 1 aromatic rings. The predicted molar refractivity (Wildman–Crippen MR) is 87.2 cm³/mol. The van der Waals surface area contributed by atoms with Crippen LogP contribution in [0.3, 0.4) is 0 Å². The van der Waals surface area contributed by atoms with Crippen molar-refractivity contribution in [1.29, 1.82) is 0 Å². The molecule has 0 amide bonds. The number of halogens is 1. The number of nitrogens with one attached hydrogen (secondary N) is 2. The highest BCUT2D eigenvalue weighted by Crippen LogP contribution is 2.27. The lowest BCUT2D eigenvalue weighted by molar-refractivity contribution is 0.257. The average molecular weight is 342 g/mol. The quantitative estimate of drug-likeness (QED) is 0.761. The molecule has 0 spiro atoms. The van der Waals surface area contributed by atoms with Crippen LogP contribution in [-0.2, 0) is 0 Å². The van der Waals surface area contributed by atoms with Gasteiger partial charge in [0.05, 0.1) is 4.47 Å². The highest BCUT2D eigenvalue weighted by molar-refractivity contribution is 9.10. The normalized spacial score (nSPS) is 16.2. The van der Waals surface area contributed by atoms with Crippen LogP contribution in [0.4, 0.5) is 11.8 Å². The SMILES string of the molecule is CCCNc1ncc(Br)c(NCC(C)N(C)C2CC2)n1. The van der Waals surface area contributed by atoms with Crippen LogP contribution >= 0.6 is 15.9 Å². The first-order valence-corrected chi connectivity index (χ1v) is 8.13. The lowest BCUT2D eigenvalue weighted by atomic mass is 10.3. The minimum atomic E-state index is 0.497. The monoisotopic (exact) mass is 341 g/mol. The molecule has 1 aliphatic carbocycles. The molecule has 1 aliphatic rings. The molecule has 6 heteroatoms. The summed E-state index contributed by atoms with van der Waals surface area (Å²) in [6.45, 7) is 6.15. The maximum Gasteiger partial charge on any atom is 0.224 e. The average Bonchev–Trinajstić information content (AvgIpc) is 3.28. The minimum Gasteiger partial charge on any atom is -0.367 e.